The molecule has 1 aliphatic rings. The lowest BCUT2D eigenvalue weighted by atomic mass is 9.86. The molecule has 0 saturated heterocycles. The Kier molecular flexibility index (Phi) is 7.73. The Morgan fingerprint density at radius 1 is 0.938 bits per heavy atom. The molecule has 0 radical (unpaired) electrons. The Hall–Kier alpha value is -2.92. The van der Waals surface area contributed by atoms with Crippen LogP contribution < -0.4 is 5.32 Å². The first-order valence-corrected chi connectivity index (χ1v) is 11.8. The normalized spacial score (nSPS) is 15.4. The molecule has 1 saturated carbocycles. The van der Waals surface area contributed by atoms with Crippen LogP contribution in [0.5, 0.6) is 5.75 Å². The topological polar surface area (TPSA) is 78.3 Å². The number of phenolic OH excluding ortho intramolecular Hbond substituents is 1. The largest absolute Gasteiger partial charge is 0.508 e. The summed E-state index contributed by atoms with van der Waals surface area (Å²) in [5, 5.41) is 23.4. The summed E-state index contributed by atoms with van der Waals surface area (Å²) >= 11 is 0. The summed E-state index contributed by atoms with van der Waals surface area (Å²) in [4.78, 5) is 9.55. The lowest BCUT2D eigenvalue weighted by Crippen LogP contribution is -2.22. The van der Waals surface area contributed by atoms with Crippen LogP contribution in [0.4, 0.5) is 5.82 Å². The zero-order valence-corrected chi connectivity index (χ0v) is 18.6. The van der Waals surface area contributed by atoms with Gasteiger partial charge in [-0.3, -0.25) is 0 Å². The Morgan fingerprint density at radius 2 is 1.69 bits per heavy atom. The highest BCUT2D eigenvalue weighted by Crippen LogP contribution is 2.29. The Morgan fingerprint density at radius 3 is 2.44 bits per heavy atom. The van der Waals surface area contributed by atoms with Gasteiger partial charge in [0.1, 0.15) is 17.8 Å². The molecule has 5 nitrogen and oxygen atoms in total. The van der Waals surface area contributed by atoms with Crippen molar-refractivity contribution in [1.82, 2.24) is 9.97 Å². The van der Waals surface area contributed by atoms with Gasteiger partial charge in [0, 0.05) is 5.56 Å². The zero-order chi connectivity index (χ0) is 22.2. The van der Waals surface area contributed by atoms with E-state index in [0.717, 1.165) is 42.1 Å². The number of aliphatic hydroxyl groups excluding tert-OH is 1. The molecule has 1 heterocycles. The second kappa shape index (κ2) is 11.1. The molecule has 5 heteroatoms. The molecule has 1 atom stereocenters. The summed E-state index contributed by atoms with van der Waals surface area (Å²) in [6, 6.07) is 17.2. The number of nitrogens with zero attached hydrogens (tertiary/aromatic N) is 2. The number of hydrogen-bond donors (Lipinski definition) is 3. The fraction of sp³-hybridized carbons (Fsp3) is 0.407. The predicted molar refractivity (Wildman–Crippen MR) is 128 cm³/mol. The SMILES string of the molecule is Oc1ccc(-c2cnc(NC(O)CCc3ccccc3)c(CCC3CCCCC3)n2)cc1. The maximum atomic E-state index is 10.6. The molecular weight excluding hydrogens is 398 g/mol. The smallest absolute Gasteiger partial charge is 0.149 e. The summed E-state index contributed by atoms with van der Waals surface area (Å²) < 4.78 is 0. The molecule has 32 heavy (non-hydrogen) atoms. The molecule has 0 amide bonds. The average molecular weight is 432 g/mol. The van der Waals surface area contributed by atoms with Crippen LogP contribution in [0.1, 0.15) is 56.2 Å². The van der Waals surface area contributed by atoms with Gasteiger partial charge in [-0.15, -0.1) is 0 Å². The van der Waals surface area contributed by atoms with Crippen LogP contribution in [-0.2, 0) is 12.8 Å². The highest BCUT2D eigenvalue weighted by molar-refractivity contribution is 5.61. The van der Waals surface area contributed by atoms with Gasteiger partial charge in [-0.2, -0.15) is 0 Å². The van der Waals surface area contributed by atoms with E-state index in [9.17, 15) is 10.2 Å². The first-order valence-electron chi connectivity index (χ1n) is 11.8. The first-order chi connectivity index (χ1) is 15.7. The molecule has 2 aromatic carbocycles. The number of rotatable bonds is 9. The summed E-state index contributed by atoms with van der Waals surface area (Å²) in [6.45, 7) is 0. The average Bonchev–Trinajstić information content (AvgIpc) is 2.84. The van der Waals surface area contributed by atoms with Gasteiger partial charge in [0.15, 0.2) is 0 Å². The monoisotopic (exact) mass is 431 g/mol. The maximum Gasteiger partial charge on any atom is 0.149 e. The van der Waals surface area contributed by atoms with E-state index in [1.54, 1.807) is 18.3 Å². The number of phenols is 1. The molecule has 0 aliphatic heterocycles. The number of hydrogen-bond acceptors (Lipinski definition) is 5. The van der Waals surface area contributed by atoms with Crippen molar-refractivity contribution in [2.45, 2.75) is 64.0 Å². The van der Waals surface area contributed by atoms with Crippen LogP contribution in [0.15, 0.2) is 60.8 Å². The molecule has 1 unspecified atom stereocenters. The van der Waals surface area contributed by atoms with Gasteiger partial charge in [-0.1, -0.05) is 62.4 Å². The lowest BCUT2D eigenvalue weighted by Gasteiger charge is -2.22. The van der Waals surface area contributed by atoms with E-state index >= 15 is 0 Å². The first kappa shape index (κ1) is 22.3. The number of benzene rings is 2. The number of aryl methyl sites for hydroxylation is 2. The molecule has 1 aromatic heterocycles. The fourth-order valence-corrected chi connectivity index (χ4v) is 4.49. The van der Waals surface area contributed by atoms with Crippen LogP contribution in [-0.4, -0.2) is 26.4 Å². The van der Waals surface area contributed by atoms with E-state index in [4.69, 9.17) is 4.98 Å². The third-order valence-corrected chi connectivity index (χ3v) is 6.37. The molecule has 3 aromatic rings. The Labute approximate surface area is 190 Å². The third-order valence-electron chi connectivity index (χ3n) is 6.37. The molecule has 4 rings (SSSR count). The number of anilines is 1. The summed E-state index contributed by atoms with van der Waals surface area (Å²) in [7, 11) is 0. The highest BCUT2D eigenvalue weighted by Gasteiger charge is 2.17. The number of aromatic hydroxyl groups is 1. The summed E-state index contributed by atoms with van der Waals surface area (Å²) in [5.41, 5.74) is 3.82. The molecule has 3 N–H and O–H groups in total. The van der Waals surface area contributed by atoms with Crippen LogP contribution in [0.25, 0.3) is 11.3 Å². The van der Waals surface area contributed by atoms with Gasteiger partial charge < -0.3 is 15.5 Å². The lowest BCUT2D eigenvalue weighted by molar-refractivity contribution is 0.193. The quantitative estimate of drug-likeness (QED) is 0.377. The minimum Gasteiger partial charge on any atom is -0.508 e. The second-order valence-corrected chi connectivity index (χ2v) is 8.82. The van der Waals surface area contributed by atoms with E-state index in [2.05, 4.69) is 22.4 Å². The number of nitrogens with one attached hydrogen (secondary N) is 1. The van der Waals surface area contributed by atoms with Gasteiger partial charge in [-0.05, 0) is 61.4 Å². The van der Waals surface area contributed by atoms with Crippen LogP contribution in [0, 0.1) is 5.92 Å². The Balaban J connectivity index is 1.47. The fourth-order valence-electron chi connectivity index (χ4n) is 4.49. The minimum absolute atomic E-state index is 0.235. The van der Waals surface area contributed by atoms with Crippen molar-refractivity contribution < 1.29 is 10.2 Å². The van der Waals surface area contributed by atoms with Crippen molar-refractivity contribution in [2.75, 3.05) is 5.32 Å². The van der Waals surface area contributed by atoms with E-state index < -0.39 is 6.23 Å². The van der Waals surface area contributed by atoms with Crippen LogP contribution in [0.3, 0.4) is 0 Å². The predicted octanol–water partition coefficient (Wildman–Crippen LogP) is 5.73. The zero-order valence-electron chi connectivity index (χ0n) is 18.6. The minimum atomic E-state index is -0.683. The van der Waals surface area contributed by atoms with Crippen molar-refractivity contribution in [3.63, 3.8) is 0 Å². The van der Waals surface area contributed by atoms with Crippen molar-refractivity contribution in [3.8, 4) is 17.0 Å². The number of aliphatic hydroxyl groups is 1. The van der Waals surface area contributed by atoms with Crippen molar-refractivity contribution >= 4 is 5.82 Å². The van der Waals surface area contributed by atoms with Crippen molar-refractivity contribution in [2.24, 2.45) is 5.92 Å². The van der Waals surface area contributed by atoms with Crippen molar-refractivity contribution in [3.05, 3.63) is 72.1 Å². The third kappa shape index (κ3) is 6.30. The van der Waals surface area contributed by atoms with Gasteiger partial charge in [0.05, 0.1) is 17.6 Å². The highest BCUT2D eigenvalue weighted by atomic mass is 16.3. The summed E-state index contributed by atoms with van der Waals surface area (Å²) in [5.74, 6) is 1.65. The van der Waals surface area contributed by atoms with Gasteiger partial charge >= 0.3 is 0 Å². The van der Waals surface area contributed by atoms with Gasteiger partial charge in [-0.25, -0.2) is 9.97 Å². The van der Waals surface area contributed by atoms with E-state index in [1.165, 1.54) is 37.7 Å². The number of aromatic nitrogens is 2. The standard InChI is InChI=1S/C27H33N3O2/c31-23-15-13-22(14-16-23)25-19-28-27(24(29-25)17-11-20-7-3-1-4-8-20)30-26(32)18-12-21-9-5-2-6-10-21/h2,5-6,9-10,13-16,19-20,26,31-32H,1,3-4,7-8,11-12,17-18H2,(H,28,30). The Bertz CT molecular complexity index is 970. The van der Waals surface area contributed by atoms with Gasteiger partial charge in [0.2, 0.25) is 0 Å². The van der Waals surface area contributed by atoms with Crippen LogP contribution in [0.2, 0.25) is 0 Å². The molecule has 0 spiro atoms. The molecule has 1 aliphatic carbocycles. The maximum absolute atomic E-state index is 10.6. The van der Waals surface area contributed by atoms with E-state index in [1.807, 2.05) is 30.3 Å². The molecule has 168 valence electrons. The van der Waals surface area contributed by atoms with Crippen LogP contribution >= 0.6 is 0 Å². The molecular formula is C27H33N3O2. The summed E-state index contributed by atoms with van der Waals surface area (Å²) in [6.07, 6.45) is 11.0. The van der Waals surface area contributed by atoms with Gasteiger partial charge in [0.25, 0.3) is 0 Å². The molecule has 1 fully saturated rings. The van der Waals surface area contributed by atoms with Crippen molar-refractivity contribution in [1.29, 1.82) is 0 Å². The second-order valence-electron chi connectivity index (χ2n) is 8.82. The molecule has 0 bridgehead atoms. The van der Waals surface area contributed by atoms with E-state index in [-0.39, 0.29) is 5.75 Å². The van der Waals surface area contributed by atoms with E-state index in [0.29, 0.717) is 12.2 Å².